The molecule has 0 fully saturated rings. The summed E-state index contributed by atoms with van der Waals surface area (Å²) >= 11 is 1.61. The van der Waals surface area contributed by atoms with Crippen LogP contribution in [-0.2, 0) is 23.0 Å². The number of primary amides is 1. The number of sulfonamides is 1. The van der Waals surface area contributed by atoms with E-state index in [0.29, 0.717) is 6.42 Å². The molecule has 0 bridgehead atoms. The first-order valence-electron chi connectivity index (χ1n) is 8.86. The van der Waals surface area contributed by atoms with E-state index in [1.807, 2.05) is 54.8 Å². The van der Waals surface area contributed by atoms with E-state index in [1.54, 1.807) is 11.3 Å². The molecular formula is C21H22N2O3S2. The third-order valence-electron chi connectivity index (χ3n) is 4.49. The smallest absolute Gasteiger partial charge is 0.248 e. The van der Waals surface area contributed by atoms with Crippen LogP contribution in [-0.4, -0.2) is 24.7 Å². The molecule has 0 saturated heterocycles. The van der Waals surface area contributed by atoms with Crippen molar-refractivity contribution in [3.05, 3.63) is 88.1 Å². The molecular weight excluding hydrogens is 392 g/mol. The van der Waals surface area contributed by atoms with Gasteiger partial charge >= 0.3 is 0 Å². The van der Waals surface area contributed by atoms with Crippen LogP contribution in [0.1, 0.15) is 27.7 Å². The van der Waals surface area contributed by atoms with Gasteiger partial charge in [0.15, 0.2) is 0 Å². The van der Waals surface area contributed by atoms with Crippen LogP contribution in [0.2, 0.25) is 0 Å². The second-order valence-electron chi connectivity index (χ2n) is 6.56. The van der Waals surface area contributed by atoms with Gasteiger partial charge in [0.25, 0.3) is 0 Å². The van der Waals surface area contributed by atoms with E-state index in [2.05, 4.69) is 0 Å². The first kappa shape index (κ1) is 20.3. The van der Waals surface area contributed by atoms with Crippen molar-refractivity contribution in [2.45, 2.75) is 30.8 Å². The van der Waals surface area contributed by atoms with Gasteiger partial charge in [-0.1, -0.05) is 36.4 Å². The van der Waals surface area contributed by atoms with E-state index in [9.17, 15) is 13.2 Å². The fourth-order valence-corrected chi connectivity index (χ4v) is 5.43. The predicted octanol–water partition coefficient (Wildman–Crippen LogP) is 3.67. The molecule has 2 aromatic carbocycles. The first-order valence-corrected chi connectivity index (χ1v) is 11.2. The maximum absolute atomic E-state index is 13.4. The lowest BCUT2D eigenvalue weighted by Gasteiger charge is -2.28. The maximum atomic E-state index is 13.4. The monoisotopic (exact) mass is 414 g/mol. The summed E-state index contributed by atoms with van der Waals surface area (Å²) in [6.07, 6.45) is 0.628. The van der Waals surface area contributed by atoms with Gasteiger partial charge < -0.3 is 5.73 Å². The third-order valence-corrected chi connectivity index (χ3v) is 7.37. The Morgan fingerprint density at radius 1 is 1.04 bits per heavy atom. The Labute approximate surface area is 169 Å². The molecule has 0 saturated carbocycles. The summed E-state index contributed by atoms with van der Waals surface area (Å²) in [6.45, 7) is 2.19. The number of carbonyl (C=O) groups is 1. The quantitative estimate of drug-likeness (QED) is 0.611. The average Bonchev–Trinajstić information content (AvgIpc) is 3.19. The van der Waals surface area contributed by atoms with Crippen molar-refractivity contribution in [1.82, 2.24) is 4.31 Å². The van der Waals surface area contributed by atoms with Crippen LogP contribution >= 0.6 is 11.3 Å². The van der Waals surface area contributed by atoms with Gasteiger partial charge in [0.2, 0.25) is 15.9 Å². The minimum absolute atomic E-state index is 0.145. The Balaban J connectivity index is 1.94. The topological polar surface area (TPSA) is 80.5 Å². The highest BCUT2D eigenvalue weighted by molar-refractivity contribution is 7.89. The summed E-state index contributed by atoms with van der Waals surface area (Å²) in [7, 11) is -3.76. The summed E-state index contributed by atoms with van der Waals surface area (Å²) in [5.74, 6) is -0.587. The van der Waals surface area contributed by atoms with Crippen molar-refractivity contribution in [2.24, 2.45) is 5.73 Å². The number of benzene rings is 2. The summed E-state index contributed by atoms with van der Waals surface area (Å²) in [4.78, 5) is 12.6. The highest BCUT2D eigenvalue weighted by atomic mass is 32.2. The molecule has 0 aliphatic rings. The zero-order valence-corrected chi connectivity index (χ0v) is 17.1. The lowest BCUT2D eigenvalue weighted by Crippen LogP contribution is -2.39. The number of thiophene rings is 1. The van der Waals surface area contributed by atoms with Crippen LogP contribution in [0.25, 0.3) is 0 Å². The van der Waals surface area contributed by atoms with E-state index >= 15 is 0 Å². The van der Waals surface area contributed by atoms with E-state index in [0.717, 1.165) is 10.4 Å². The summed E-state index contributed by atoms with van der Waals surface area (Å²) in [5.41, 5.74) is 6.45. The normalized spacial score (nSPS) is 12.8. The van der Waals surface area contributed by atoms with Gasteiger partial charge in [0.1, 0.15) is 0 Å². The standard InChI is InChI=1S/C21H22N2O3S2/c1-16(14-19-8-5-13-27-19)23(15-17-6-3-2-4-7-17)28(25,26)20-11-9-18(10-12-20)21(22)24/h2-13,16H,14-15H2,1H3,(H2,22,24)/t16-/m0/s1. The number of nitrogens with two attached hydrogens (primary N) is 1. The number of carbonyl (C=O) groups excluding carboxylic acids is 1. The number of hydrogen-bond acceptors (Lipinski definition) is 4. The molecule has 146 valence electrons. The first-order chi connectivity index (χ1) is 13.4. The number of rotatable bonds is 8. The van der Waals surface area contributed by atoms with Crippen molar-refractivity contribution in [2.75, 3.05) is 0 Å². The Morgan fingerprint density at radius 3 is 2.29 bits per heavy atom. The van der Waals surface area contributed by atoms with Crippen LogP contribution in [0.3, 0.4) is 0 Å². The molecule has 0 aliphatic heterocycles. The summed E-state index contributed by atoms with van der Waals surface area (Å²) in [5, 5.41) is 1.99. The van der Waals surface area contributed by atoms with E-state index < -0.39 is 15.9 Å². The Kier molecular flexibility index (Phi) is 6.28. The second-order valence-corrected chi connectivity index (χ2v) is 9.48. The van der Waals surface area contributed by atoms with Gasteiger partial charge in [-0.05, 0) is 54.6 Å². The molecule has 0 radical (unpaired) electrons. The second kappa shape index (κ2) is 8.68. The van der Waals surface area contributed by atoms with E-state index in [4.69, 9.17) is 5.73 Å². The Morgan fingerprint density at radius 2 is 1.71 bits per heavy atom. The Bertz CT molecular complexity index is 1020. The molecule has 7 heteroatoms. The predicted molar refractivity (Wildman–Crippen MR) is 112 cm³/mol. The molecule has 3 aromatic rings. The largest absolute Gasteiger partial charge is 0.366 e. The number of nitrogens with zero attached hydrogens (tertiary/aromatic N) is 1. The zero-order chi connectivity index (χ0) is 20.1. The molecule has 1 aromatic heterocycles. The van der Waals surface area contributed by atoms with Crippen LogP contribution in [0, 0.1) is 0 Å². The van der Waals surface area contributed by atoms with Crippen LogP contribution in [0.5, 0.6) is 0 Å². The van der Waals surface area contributed by atoms with Crippen molar-refractivity contribution in [1.29, 1.82) is 0 Å². The fourth-order valence-electron chi connectivity index (χ4n) is 2.99. The van der Waals surface area contributed by atoms with Gasteiger partial charge in [-0.2, -0.15) is 4.31 Å². The summed E-state index contributed by atoms with van der Waals surface area (Å²) in [6, 6.07) is 19.0. The highest BCUT2D eigenvalue weighted by Crippen LogP contribution is 2.24. The highest BCUT2D eigenvalue weighted by Gasteiger charge is 2.29. The van der Waals surface area contributed by atoms with Crippen LogP contribution < -0.4 is 5.73 Å². The lowest BCUT2D eigenvalue weighted by molar-refractivity contribution is 0.1000. The van der Waals surface area contributed by atoms with E-state index in [1.165, 1.54) is 28.6 Å². The molecule has 28 heavy (non-hydrogen) atoms. The fraction of sp³-hybridized carbons (Fsp3) is 0.190. The van der Waals surface area contributed by atoms with E-state index in [-0.39, 0.29) is 23.0 Å². The number of hydrogen-bond donors (Lipinski definition) is 1. The molecule has 3 rings (SSSR count). The maximum Gasteiger partial charge on any atom is 0.248 e. The minimum atomic E-state index is -3.76. The molecule has 1 heterocycles. The number of amides is 1. The van der Waals surface area contributed by atoms with Gasteiger partial charge in [-0.15, -0.1) is 11.3 Å². The van der Waals surface area contributed by atoms with Crippen LogP contribution in [0.15, 0.2) is 77.0 Å². The molecule has 5 nitrogen and oxygen atoms in total. The summed E-state index contributed by atoms with van der Waals surface area (Å²) < 4.78 is 28.3. The molecule has 2 N–H and O–H groups in total. The molecule has 0 spiro atoms. The third kappa shape index (κ3) is 4.67. The zero-order valence-electron chi connectivity index (χ0n) is 15.5. The van der Waals surface area contributed by atoms with Gasteiger partial charge in [-0.25, -0.2) is 8.42 Å². The average molecular weight is 415 g/mol. The Hall–Kier alpha value is -2.48. The van der Waals surface area contributed by atoms with Crippen molar-refractivity contribution >= 4 is 27.3 Å². The molecule has 0 unspecified atom stereocenters. The van der Waals surface area contributed by atoms with Gasteiger partial charge in [0.05, 0.1) is 4.90 Å². The van der Waals surface area contributed by atoms with Crippen molar-refractivity contribution in [3.8, 4) is 0 Å². The van der Waals surface area contributed by atoms with Gasteiger partial charge in [0, 0.05) is 23.0 Å². The SMILES string of the molecule is C[C@@H](Cc1cccs1)N(Cc1ccccc1)S(=O)(=O)c1ccc(C(N)=O)cc1. The van der Waals surface area contributed by atoms with Crippen molar-refractivity contribution in [3.63, 3.8) is 0 Å². The molecule has 1 atom stereocenters. The lowest BCUT2D eigenvalue weighted by atomic mass is 10.1. The molecule has 1 amide bonds. The molecule has 0 aliphatic carbocycles. The van der Waals surface area contributed by atoms with Crippen LogP contribution in [0.4, 0.5) is 0 Å². The van der Waals surface area contributed by atoms with Gasteiger partial charge in [-0.3, -0.25) is 4.79 Å². The minimum Gasteiger partial charge on any atom is -0.366 e. The van der Waals surface area contributed by atoms with Crippen molar-refractivity contribution < 1.29 is 13.2 Å².